The van der Waals surface area contributed by atoms with Gasteiger partial charge in [-0.1, -0.05) is 11.6 Å². The second-order valence-electron chi connectivity index (χ2n) is 4.98. The molecule has 6 nitrogen and oxygen atoms in total. The molecule has 0 aliphatic heterocycles. The van der Waals surface area contributed by atoms with Crippen LogP contribution in [0.2, 0.25) is 5.02 Å². The molecule has 0 heterocycles. The van der Waals surface area contributed by atoms with Crippen molar-refractivity contribution in [1.29, 1.82) is 0 Å². The Bertz CT molecular complexity index is 504. The van der Waals surface area contributed by atoms with Crippen LogP contribution in [-0.2, 0) is 4.74 Å². The number of nitrogen functional groups attached to an aromatic ring is 1. The van der Waals surface area contributed by atoms with Gasteiger partial charge in [0.2, 0.25) is 0 Å². The van der Waals surface area contributed by atoms with Gasteiger partial charge in [-0.25, -0.2) is 0 Å². The highest BCUT2D eigenvalue weighted by molar-refractivity contribution is 6.33. The largest absolute Gasteiger partial charge is 0.496 e. The van der Waals surface area contributed by atoms with E-state index in [1.807, 2.05) is 7.05 Å². The minimum Gasteiger partial charge on any atom is -0.496 e. The van der Waals surface area contributed by atoms with Crippen LogP contribution in [-0.4, -0.2) is 58.3 Å². The summed E-state index contributed by atoms with van der Waals surface area (Å²) in [7, 11) is 5.19. The highest BCUT2D eigenvalue weighted by atomic mass is 35.5. The summed E-state index contributed by atoms with van der Waals surface area (Å²) in [6.45, 7) is 3.01. The lowest BCUT2D eigenvalue weighted by molar-refractivity contribution is 0.0948. The van der Waals surface area contributed by atoms with E-state index in [1.165, 1.54) is 13.2 Å². The van der Waals surface area contributed by atoms with Crippen LogP contribution < -0.4 is 15.8 Å². The van der Waals surface area contributed by atoms with Gasteiger partial charge in [-0.2, -0.15) is 0 Å². The average Bonchev–Trinajstić information content (AvgIpc) is 2.51. The van der Waals surface area contributed by atoms with Gasteiger partial charge in [0.05, 0.1) is 30.0 Å². The number of hydrogen-bond donors (Lipinski definition) is 2. The normalized spacial score (nSPS) is 9.88. The van der Waals surface area contributed by atoms with Gasteiger partial charge < -0.3 is 25.4 Å². The van der Waals surface area contributed by atoms with E-state index in [9.17, 15) is 4.79 Å². The fraction of sp³-hybridized carbons (Fsp3) is 0.533. The van der Waals surface area contributed by atoms with Crippen molar-refractivity contribution in [1.82, 2.24) is 10.2 Å². The maximum absolute atomic E-state index is 12.2. The molecule has 0 radical (unpaired) electrons. The number of nitrogens with zero attached hydrogens (tertiary/aromatic N) is 1. The lowest BCUT2D eigenvalue weighted by Crippen LogP contribution is -2.29. The highest BCUT2D eigenvalue weighted by Gasteiger charge is 2.14. The Morgan fingerprint density at radius 2 is 1.96 bits per heavy atom. The van der Waals surface area contributed by atoms with Crippen molar-refractivity contribution in [2.45, 2.75) is 6.42 Å². The van der Waals surface area contributed by atoms with E-state index in [0.717, 1.165) is 19.5 Å². The van der Waals surface area contributed by atoms with Crippen LogP contribution >= 0.6 is 36.4 Å². The molecule has 3 N–H and O–H groups in total. The Morgan fingerprint density at radius 1 is 1.29 bits per heavy atom. The van der Waals surface area contributed by atoms with Crippen molar-refractivity contribution in [2.75, 3.05) is 53.2 Å². The van der Waals surface area contributed by atoms with Crippen molar-refractivity contribution in [2.24, 2.45) is 0 Å². The molecular formula is C15H26Cl3N3O3. The van der Waals surface area contributed by atoms with Crippen molar-refractivity contribution in [3.8, 4) is 5.75 Å². The van der Waals surface area contributed by atoms with E-state index < -0.39 is 0 Å². The number of methoxy groups -OCH3 is 2. The van der Waals surface area contributed by atoms with Gasteiger partial charge in [-0.15, -0.1) is 24.8 Å². The van der Waals surface area contributed by atoms with Gasteiger partial charge in [-0.3, -0.25) is 4.79 Å². The second kappa shape index (κ2) is 13.4. The minimum atomic E-state index is -0.224. The van der Waals surface area contributed by atoms with Gasteiger partial charge in [0, 0.05) is 26.3 Å². The summed E-state index contributed by atoms with van der Waals surface area (Å²) >= 11 is 5.96. The van der Waals surface area contributed by atoms with Crippen LogP contribution in [0.15, 0.2) is 12.1 Å². The number of halogens is 3. The summed E-state index contributed by atoms with van der Waals surface area (Å²) < 4.78 is 10.2. The van der Waals surface area contributed by atoms with Gasteiger partial charge in [0.1, 0.15) is 5.75 Å². The monoisotopic (exact) mass is 401 g/mol. The molecule has 24 heavy (non-hydrogen) atoms. The molecule has 0 bridgehead atoms. The molecule has 1 aromatic rings. The first kappa shape index (κ1) is 25.3. The predicted octanol–water partition coefficient (Wildman–Crippen LogP) is 2.47. The fourth-order valence-corrected chi connectivity index (χ4v) is 2.08. The number of hydrogen-bond acceptors (Lipinski definition) is 5. The van der Waals surface area contributed by atoms with Crippen LogP contribution in [0.5, 0.6) is 5.75 Å². The number of amides is 1. The Labute approximate surface area is 160 Å². The molecule has 1 rings (SSSR count). The first-order chi connectivity index (χ1) is 10.5. The average molecular weight is 403 g/mol. The van der Waals surface area contributed by atoms with E-state index in [0.29, 0.717) is 35.2 Å². The van der Waals surface area contributed by atoms with Gasteiger partial charge in [-0.05, 0) is 26.1 Å². The Hall–Kier alpha value is -0.920. The Balaban J connectivity index is 0. The summed E-state index contributed by atoms with van der Waals surface area (Å²) in [5.41, 5.74) is 6.47. The zero-order chi connectivity index (χ0) is 16.5. The number of rotatable bonds is 9. The fourth-order valence-electron chi connectivity index (χ4n) is 1.92. The van der Waals surface area contributed by atoms with E-state index in [-0.39, 0.29) is 30.7 Å². The van der Waals surface area contributed by atoms with Crippen LogP contribution in [0.4, 0.5) is 5.69 Å². The zero-order valence-electron chi connectivity index (χ0n) is 14.1. The lowest BCUT2D eigenvalue weighted by Gasteiger charge is -2.16. The third kappa shape index (κ3) is 8.26. The molecule has 0 atom stereocenters. The first-order valence-corrected chi connectivity index (χ1v) is 7.46. The standard InChI is InChI=1S/C15H24ClN3O3.2ClH/c1-19(7-8-21-2)6-4-5-18-15(20)11-9-12(16)13(17)10-14(11)22-3;;/h9-10H,4-8,17H2,1-3H3,(H,18,20);2*1H. The van der Waals surface area contributed by atoms with Gasteiger partial charge >= 0.3 is 0 Å². The molecule has 0 fully saturated rings. The molecule has 0 saturated carbocycles. The van der Waals surface area contributed by atoms with Crippen molar-refractivity contribution in [3.63, 3.8) is 0 Å². The summed E-state index contributed by atoms with van der Waals surface area (Å²) in [6, 6.07) is 3.07. The van der Waals surface area contributed by atoms with Crippen LogP contribution in [0, 0.1) is 0 Å². The molecule has 0 aliphatic rings. The van der Waals surface area contributed by atoms with Gasteiger partial charge in [0.15, 0.2) is 0 Å². The minimum absolute atomic E-state index is 0. The van der Waals surface area contributed by atoms with E-state index in [2.05, 4.69) is 10.2 Å². The Kier molecular flexibility index (Phi) is 14.1. The summed E-state index contributed by atoms with van der Waals surface area (Å²) in [6.07, 6.45) is 0.844. The number of ether oxygens (including phenoxy) is 2. The van der Waals surface area contributed by atoms with E-state index in [4.69, 9.17) is 26.8 Å². The summed E-state index contributed by atoms with van der Waals surface area (Å²) in [5.74, 6) is 0.190. The SMILES string of the molecule is COCCN(C)CCCNC(=O)c1cc(Cl)c(N)cc1OC.Cl.Cl. The number of likely N-dealkylation sites (N-methyl/N-ethyl adjacent to an activating group) is 1. The molecule has 0 unspecified atom stereocenters. The second-order valence-corrected chi connectivity index (χ2v) is 5.39. The highest BCUT2D eigenvalue weighted by Crippen LogP contribution is 2.28. The maximum Gasteiger partial charge on any atom is 0.255 e. The van der Waals surface area contributed by atoms with E-state index >= 15 is 0 Å². The van der Waals surface area contributed by atoms with Crippen molar-refractivity contribution >= 4 is 48.0 Å². The van der Waals surface area contributed by atoms with Crippen molar-refractivity contribution in [3.05, 3.63) is 22.7 Å². The molecule has 1 amide bonds. The van der Waals surface area contributed by atoms with E-state index in [1.54, 1.807) is 13.2 Å². The topological polar surface area (TPSA) is 76.8 Å². The molecule has 0 aromatic heterocycles. The molecule has 9 heteroatoms. The molecule has 1 aromatic carbocycles. The third-order valence-electron chi connectivity index (χ3n) is 3.24. The first-order valence-electron chi connectivity index (χ1n) is 7.08. The summed E-state index contributed by atoms with van der Waals surface area (Å²) in [4.78, 5) is 14.3. The lowest BCUT2D eigenvalue weighted by atomic mass is 10.1. The third-order valence-corrected chi connectivity index (χ3v) is 3.57. The molecule has 0 spiro atoms. The molecule has 140 valence electrons. The number of carbonyl (C=O) groups is 1. The Morgan fingerprint density at radius 3 is 2.54 bits per heavy atom. The van der Waals surface area contributed by atoms with Crippen molar-refractivity contribution < 1.29 is 14.3 Å². The van der Waals surface area contributed by atoms with Crippen LogP contribution in [0.3, 0.4) is 0 Å². The van der Waals surface area contributed by atoms with Gasteiger partial charge in [0.25, 0.3) is 5.91 Å². The number of nitrogens with one attached hydrogen (secondary N) is 1. The number of benzene rings is 1. The molecule has 0 saturated heterocycles. The number of carbonyl (C=O) groups excluding carboxylic acids is 1. The zero-order valence-corrected chi connectivity index (χ0v) is 16.5. The van der Waals surface area contributed by atoms with Crippen LogP contribution in [0.25, 0.3) is 0 Å². The van der Waals surface area contributed by atoms with Crippen LogP contribution in [0.1, 0.15) is 16.8 Å². The number of anilines is 1. The molecule has 0 aliphatic carbocycles. The predicted molar refractivity (Wildman–Crippen MR) is 103 cm³/mol. The molecular weight excluding hydrogens is 377 g/mol. The smallest absolute Gasteiger partial charge is 0.255 e. The maximum atomic E-state index is 12.2. The summed E-state index contributed by atoms with van der Waals surface area (Å²) in [5, 5.41) is 3.19. The quantitative estimate of drug-likeness (QED) is 0.490. The number of nitrogens with two attached hydrogens (primary N) is 1.